The van der Waals surface area contributed by atoms with Gasteiger partial charge in [0, 0.05) is 31.2 Å². The van der Waals surface area contributed by atoms with Crippen LogP contribution in [0, 0.1) is 0 Å². The molecule has 2 heterocycles. The lowest BCUT2D eigenvalue weighted by Crippen LogP contribution is -2.48. The molecule has 166 valence electrons. The second-order valence-corrected chi connectivity index (χ2v) is 7.53. The highest BCUT2D eigenvalue weighted by Gasteiger charge is 2.24. The van der Waals surface area contributed by atoms with Crippen LogP contribution >= 0.6 is 0 Å². The largest absolute Gasteiger partial charge is 0.378 e. The summed E-state index contributed by atoms with van der Waals surface area (Å²) < 4.78 is 5.40. The minimum Gasteiger partial charge on any atom is -0.378 e. The van der Waals surface area contributed by atoms with Gasteiger partial charge >= 0.3 is 6.03 Å². The Hall–Kier alpha value is -3.30. The number of amides is 2. The lowest BCUT2D eigenvalue weighted by atomic mass is 10.1. The third-order valence-corrected chi connectivity index (χ3v) is 5.44. The molecular weight excluding hydrogens is 408 g/mol. The Kier molecular flexibility index (Phi) is 7.08. The van der Waals surface area contributed by atoms with Crippen molar-refractivity contribution in [1.29, 1.82) is 0 Å². The van der Waals surface area contributed by atoms with Crippen LogP contribution in [0.15, 0.2) is 73.1 Å². The molecule has 1 aromatic heterocycles. The maximum atomic E-state index is 13.4. The van der Waals surface area contributed by atoms with Gasteiger partial charge in [0.1, 0.15) is 0 Å². The number of morpholine rings is 1. The number of rotatable bonds is 6. The number of ether oxygens (including phenoxy) is 1. The molecule has 0 aliphatic carbocycles. The fourth-order valence-corrected chi connectivity index (χ4v) is 3.62. The number of aliphatic hydroxyl groups excluding tert-OH is 1. The van der Waals surface area contributed by atoms with Crippen molar-refractivity contribution >= 4 is 11.7 Å². The number of nitrogens with zero attached hydrogens (tertiary/aromatic N) is 3. The van der Waals surface area contributed by atoms with Gasteiger partial charge in [-0.15, -0.1) is 0 Å². The molecule has 1 atom stereocenters. The van der Waals surface area contributed by atoms with E-state index in [0.717, 1.165) is 22.4 Å². The number of carbonyl (C=O) groups is 1. The van der Waals surface area contributed by atoms with E-state index in [4.69, 9.17) is 9.94 Å². The topological polar surface area (TPSA) is 98.2 Å². The van der Waals surface area contributed by atoms with Crippen molar-refractivity contribution in [3.05, 3.63) is 84.2 Å². The molecule has 32 heavy (non-hydrogen) atoms. The first kappa shape index (κ1) is 21.9. The Morgan fingerprint density at radius 1 is 1.06 bits per heavy atom. The van der Waals surface area contributed by atoms with Crippen molar-refractivity contribution in [1.82, 2.24) is 15.4 Å². The first-order chi connectivity index (χ1) is 15.7. The summed E-state index contributed by atoms with van der Waals surface area (Å²) in [7, 11) is 0. The fraction of sp³-hybridized carbons (Fsp3) is 0.250. The number of nitrogens with one attached hydrogen (secondary N) is 1. The Labute approximate surface area is 186 Å². The van der Waals surface area contributed by atoms with E-state index in [0.29, 0.717) is 38.4 Å². The fourth-order valence-electron chi connectivity index (χ4n) is 3.62. The van der Waals surface area contributed by atoms with Crippen molar-refractivity contribution in [2.45, 2.75) is 12.8 Å². The van der Waals surface area contributed by atoms with E-state index in [9.17, 15) is 9.90 Å². The van der Waals surface area contributed by atoms with Crippen molar-refractivity contribution in [3.8, 4) is 11.1 Å². The standard InChI is InChI=1S/C24H26N4O4/c29-23(26-31)20-5-3-18(4-6-20)17-28(24(30)27-12-14-32-15-13-27)22-9-7-19(8-10-22)21-2-1-11-25-16-21/h1-11,16,23,26,29,31H,12-15,17H2. The second-order valence-electron chi connectivity index (χ2n) is 7.53. The second kappa shape index (κ2) is 10.3. The summed E-state index contributed by atoms with van der Waals surface area (Å²) >= 11 is 0. The van der Waals surface area contributed by atoms with Crippen LogP contribution < -0.4 is 10.4 Å². The van der Waals surface area contributed by atoms with Gasteiger partial charge in [0.15, 0.2) is 6.23 Å². The van der Waals surface area contributed by atoms with E-state index in [1.807, 2.05) is 60.2 Å². The summed E-state index contributed by atoms with van der Waals surface area (Å²) in [5.74, 6) is 0. The number of aromatic nitrogens is 1. The van der Waals surface area contributed by atoms with E-state index < -0.39 is 6.23 Å². The molecule has 0 spiro atoms. The van der Waals surface area contributed by atoms with Gasteiger partial charge in [-0.3, -0.25) is 9.88 Å². The number of carbonyl (C=O) groups excluding carboxylic acids is 1. The quantitative estimate of drug-likeness (QED) is 0.407. The maximum absolute atomic E-state index is 13.4. The normalized spacial score (nSPS) is 14.8. The van der Waals surface area contributed by atoms with Crippen LogP contribution in [-0.4, -0.2) is 52.5 Å². The van der Waals surface area contributed by atoms with Gasteiger partial charge in [-0.1, -0.05) is 42.5 Å². The number of hydroxylamine groups is 1. The maximum Gasteiger partial charge on any atom is 0.324 e. The van der Waals surface area contributed by atoms with Crippen molar-refractivity contribution < 1.29 is 19.8 Å². The lowest BCUT2D eigenvalue weighted by molar-refractivity contribution is 0.000692. The molecule has 8 nitrogen and oxygen atoms in total. The van der Waals surface area contributed by atoms with Crippen LogP contribution in [0.3, 0.4) is 0 Å². The Balaban J connectivity index is 1.59. The van der Waals surface area contributed by atoms with E-state index in [1.54, 1.807) is 28.1 Å². The molecule has 1 fully saturated rings. The third kappa shape index (κ3) is 5.12. The number of hydrogen-bond acceptors (Lipinski definition) is 6. The summed E-state index contributed by atoms with van der Waals surface area (Å²) in [6.07, 6.45) is 2.39. The smallest absolute Gasteiger partial charge is 0.324 e. The Morgan fingerprint density at radius 2 is 1.78 bits per heavy atom. The van der Waals surface area contributed by atoms with Crippen molar-refractivity contribution in [2.24, 2.45) is 0 Å². The monoisotopic (exact) mass is 434 g/mol. The summed E-state index contributed by atoms with van der Waals surface area (Å²) in [4.78, 5) is 21.1. The first-order valence-electron chi connectivity index (χ1n) is 10.5. The molecule has 2 aromatic carbocycles. The molecule has 1 aliphatic heterocycles. The molecule has 8 heteroatoms. The predicted octanol–water partition coefficient (Wildman–Crippen LogP) is 3.18. The first-order valence-corrected chi connectivity index (χ1v) is 10.5. The van der Waals surface area contributed by atoms with E-state index >= 15 is 0 Å². The Bertz CT molecular complexity index is 1010. The minimum absolute atomic E-state index is 0.0800. The molecule has 3 N–H and O–H groups in total. The molecule has 0 bridgehead atoms. The van der Waals surface area contributed by atoms with Gasteiger partial charge in [-0.25, -0.2) is 4.79 Å². The van der Waals surface area contributed by atoms with Crippen molar-refractivity contribution in [2.75, 3.05) is 31.2 Å². The average molecular weight is 434 g/mol. The highest BCUT2D eigenvalue weighted by atomic mass is 16.5. The molecular formula is C24H26N4O4. The average Bonchev–Trinajstić information content (AvgIpc) is 2.88. The molecule has 1 aliphatic rings. The molecule has 4 rings (SSSR count). The minimum atomic E-state index is -1.16. The molecule has 1 saturated heterocycles. The lowest BCUT2D eigenvalue weighted by Gasteiger charge is -2.33. The van der Waals surface area contributed by atoms with Crippen LogP contribution in [0.4, 0.5) is 10.5 Å². The van der Waals surface area contributed by atoms with Crippen LogP contribution in [0.5, 0.6) is 0 Å². The summed E-state index contributed by atoms with van der Waals surface area (Å²) in [5.41, 5.74) is 6.07. The van der Waals surface area contributed by atoms with Crippen molar-refractivity contribution in [3.63, 3.8) is 0 Å². The van der Waals surface area contributed by atoms with E-state index in [1.165, 1.54) is 0 Å². The third-order valence-electron chi connectivity index (χ3n) is 5.44. The number of urea groups is 1. The summed E-state index contributed by atoms with van der Waals surface area (Å²) in [6.45, 7) is 2.53. The molecule has 3 aromatic rings. The summed E-state index contributed by atoms with van der Waals surface area (Å²) in [6, 6.07) is 18.8. The van der Waals surface area contributed by atoms with Crippen LogP contribution in [0.2, 0.25) is 0 Å². The number of hydrogen-bond donors (Lipinski definition) is 3. The number of pyridine rings is 1. The Morgan fingerprint density at radius 3 is 2.41 bits per heavy atom. The molecule has 1 unspecified atom stereocenters. The highest BCUT2D eigenvalue weighted by molar-refractivity contribution is 5.92. The summed E-state index contributed by atoms with van der Waals surface area (Å²) in [5, 5.41) is 18.6. The number of anilines is 1. The van der Waals surface area contributed by atoms with Gasteiger partial charge in [-0.05, 0) is 40.5 Å². The molecule has 0 saturated carbocycles. The SMILES string of the molecule is O=C(N1CCOCC1)N(Cc1ccc(C(O)NO)cc1)c1ccc(-c2cccnc2)cc1. The number of aliphatic hydroxyl groups is 1. The van der Waals surface area contributed by atoms with Gasteiger partial charge in [0.2, 0.25) is 0 Å². The zero-order chi connectivity index (χ0) is 22.3. The molecule has 0 radical (unpaired) electrons. The number of benzene rings is 2. The van der Waals surface area contributed by atoms with Gasteiger partial charge in [0.25, 0.3) is 0 Å². The zero-order valence-corrected chi connectivity index (χ0v) is 17.6. The molecule has 2 amide bonds. The van der Waals surface area contributed by atoms with Crippen LogP contribution in [0.25, 0.3) is 11.1 Å². The van der Waals surface area contributed by atoms with Gasteiger partial charge in [-0.2, -0.15) is 5.48 Å². The van der Waals surface area contributed by atoms with Gasteiger partial charge in [0.05, 0.1) is 19.8 Å². The van der Waals surface area contributed by atoms with Gasteiger partial charge < -0.3 is 20.0 Å². The van der Waals surface area contributed by atoms with E-state index in [2.05, 4.69) is 4.98 Å². The van der Waals surface area contributed by atoms with Crippen LogP contribution in [0.1, 0.15) is 17.4 Å². The van der Waals surface area contributed by atoms with Crippen LogP contribution in [-0.2, 0) is 11.3 Å². The zero-order valence-electron chi connectivity index (χ0n) is 17.6. The predicted molar refractivity (Wildman–Crippen MR) is 120 cm³/mol. The highest BCUT2D eigenvalue weighted by Crippen LogP contribution is 2.25. The van der Waals surface area contributed by atoms with E-state index in [-0.39, 0.29) is 6.03 Å².